The van der Waals surface area contributed by atoms with Crippen LogP contribution in [0.1, 0.15) is 79.7 Å². The fourth-order valence-corrected chi connectivity index (χ4v) is 4.35. The zero-order valence-corrected chi connectivity index (χ0v) is 13.7. The van der Waals surface area contributed by atoms with Crippen LogP contribution in [0.5, 0.6) is 0 Å². The molecule has 0 unspecified atom stereocenters. The van der Waals surface area contributed by atoms with Gasteiger partial charge >= 0.3 is 5.97 Å². The van der Waals surface area contributed by atoms with Gasteiger partial charge < -0.3 is 5.11 Å². The number of carboxylic acid groups (broad SMARTS) is 1. The second-order valence-electron chi connectivity index (χ2n) is 6.89. The highest BCUT2D eigenvalue weighted by molar-refractivity contribution is 7.12. The third kappa shape index (κ3) is 3.22. The lowest BCUT2D eigenvalue weighted by Crippen LogP contribution is -2.25. The summed E-state index contributed by atoms with van der Waals surface area (Å²) < 4.78 is 0. The summed E-state index contributed by atoms with van der Waals surface area (Å²) in [5.41, 5.74) is 0.675. The molecular weight excluding hydrogens is 270 g/mol. The number of hydrogen-bond donors (Lipinski definition) is 1. The summed E-state index contributed by atoms with van der Waals surface area (Å²) in [5, 5.41) is 10.3. The third-order valence-electron chi connectivity index (χ3n) is 4.53. The normalized spacial score (nSPS) is 23.8. The fourth-order valence-electron chi connectivity index (χ4n) is 3.18. The van der Waals surface area contributed by atoms with Gasteiger partial charge in [-0.2, -0.15) is 0 Å². The average molecular weight is 295 g/mol. The second kappa shape index (κ2) is 5.84. The topological polar surface area (TPSA) is 50.2 Å². The van der Waals surface area contributed by atoms with Crippen molar-refractivity contribution >= 4 is 17.3 Å². The van der Waals surface area contributed by atoms with Gasteiger partial charge in [0.25, 0.3) is 0 Å². The van der Waals surface area contributed by atoms with E-state index < -0.39 is 5.97 Å². The summed E-state index contributed by atoms with van der Waals surface area (Å²) in [7, 11) is 0. The van der Waals surface area contributed by atoms with Crippen LogP contribution in [0.25, 0.3) is 0 Å². The second-order valence-corrected chi connectivity index (χ2v) is 8.01. The predicted molar refractivity (Wildman–Crippen MR) is 82.6 cm³/mol. The molecule has 0 radical (unpaired) electrons. The van der Waals surface area contributed by atoms with E-state index in [9.17, 15) is 9.90 Å². The van der Waals surface area contributed by atoms with Gasteiger partial charge in [0.2, 0.25) is 0 Å². The van der Waals surface area contributed by atoms with Crippen LogP contribution in [-0.4, -0.2) is 16.1 Å². The van der Waals surface area contributed by atoms with Crippen LogP contribution in [0.15, 0.2) is 0 Å². The lowest BCUT2D eigenvalue weighted by Gasteiger charge is -2.36. The van der Waals surface area contributed by atoms with Crippen molar-refractivity contribution < 1.29 is 9.90 Å². The van der Waals surface area contributed by atoms with Crippen molar-refractivity contribution in [1.29, 1.82) is 0 Å². The lowest BCUT2D eigenvalue weighted by molar-refractivity contribution is 0.0688. The highest BCUT2D eigenvalue weighted by atomic mass is 32.1. The number of hydrogen-bond acceptors (Lipinski definition) is 3. The van der Waals surface area contributed by atoms with E-state index in [1.807, 2.05) is 6.92 Å². The van der Waals surface area contributed by atoms with Gasteiger partial charge in [-0.25, -0.2) is 9.78 Å². The molecule has 1 N–H and O–H groups in total. The molecule has 0 amide bonds. The highest BCUT2D eigenvalue weighted by Crippen LogP contribution is 2.45. The van der Waals surface area contributed by atoms with E-state index in [0.29, 0.717) is 17.0 Å². The quantitative estimate of drug-likeness (QED) is 0.877. The van der Waals surface area contributed by atoms with Gasteiger partial charge in [0.1, 0.15) is 0 Å². The maximum absolute atomic E-state index is 11.4. The van der Waals surface area contributed by atoms with Gasteiger partial charge in [0, 0.05) is 4.88 Å². The first kappa shape index (κ1) is 15.5. The molecule has 1 heterocycles. The van der Waals surface area contributed by atoms with Crippen LogP contribution in [0, 0.1) is 11.3 Å². The Morgan fingerprint density at radius 2 is 1.90 bits per heavy atom. The number of carbonyl (C=O) groups is 1. The Morgan fingerprint density at radius 3 is 2.35 bits per heavy atom. The number of aryl methyl sites for hydroxylation is 1. The summed E-state index contributed by atoms with van der Waals surface area (Å²) in [6, 6.07) is 0. The number of thiazole rings is 1. The molecular formula is C16H25NO2S. The maximum Gasteiger partial charge on any atom is 0.355 e. The van der Waals surface area contributed by atoms with Crippen molar-refractivity contribution in [2.45, 2.75) is 65.7 Å². The van der Waals surface area contributed by atoms with Crippen LogP contribution in [0.2, 0.25) is 0 Å². The van der Waals surface area contributed by atoms with E-state index in [2.05, 4.69) is 25.8 Å². The predicted octanol–water partition coefficient (Wildman–Crippen LogP) is 4.72. The van der Waals surface area contributed by atoms with Crippen molar-refractivity contribution in [3.63, 3.8) is 0 Å². The van der Waals surface area contributed by atoms with Gasteiger partial charge in [0.05, 0.1) is 5.01 Å². The smallest absolute Gasteiger partial charge is 0.355 e. The van der Waals surface area contributed by atoms with Crippen LogP contribution in [0.3, 0.4) is 0 Å². The number of aromatic carboxylic acids is 1. The Morgan fingerprint density at radius 1 is 1.30 bits per heavy atom. The Balaban J connectivity index is 2.14. The van der Waals surface area contributed by atoms with Crippen molar-refractivity contribution in [2.24, 2.45) is 11.3 Å². The summed E-state index contributed by atoms with van der Waals surface area (Å²) in [6.45, 7) is 8.96. The molecule has 1 aromatic rings. The molecule has 1 saturated carbocycles. The van der Waals surface area contributed by atoms with Crippen LogP contribution in [0.4, 0.5) is 0 Å². The van der Waals surface area contributed by atoms with Gasteiger partial charge in [-0.3, -0.25) is 0 Å². The fraction of sp³-hybridized carbons (Fsp3) is 0.750. The summed E-state index contributed by atoms with van der Waals surface area (Å²) in [5.74, 6) is 0.289. The van der Waals surface area contributed by atoms with E-state index in [-0.39, 0.29) is 0 Å². The van der Waals surface area contributed by atoms with Crippen LogP contribution in [-0.2, 0) is 6.42 Å². The lowest BCUT2D eigenvalue weighted by atomic mass is 9.69. The van der Waals surface area contributed by atoms with E-state index in [4.69, 9.17) is 0 Å². The minimum atomic E-state index is -0.867. The zero-order valence-electron chi connectivity index (χ0n) is 12.9. The molecule has 0 bridgehead atoms. The number of carboxylic acids is 1. The molecule has 4 heteroatoms. The molecule has 1 aliphatic carbocycles. The Bertz CT molecular complexity index is 479. The highest BCUT2D eigenvalue weighted by Gasteiger charge is 2.33. The molecule has 0 saturated heterocycles. The Kier molecular flexibility index (Phi) is 4.52. The molecule has 0 aliphatic heterocycles. The molecule has 0 spiro atoms. The van der Waals surface area contributed by atoms with Gasteiger partial charge in [-0.15, -0.1) is 11.3 Å². The van der Waals surface area contributed by atoms with E-state index in [0.717, 1.165) is 35.1 Å². The minimum absolute atomic E-state index is 0.311. The first-order valence-electron chi connectivity index (χ1n) is 7.55. The standard InChI is InChI=1S/C16H25NO2S/c1-5-12-17-13(15(18)19)14(20-12)10-6-8-11(9-7-10)16(2,3)4/h10-11H,5-9H2,1-4H3,(H,18,19). The first-order chi connectivity index (χ1) is 9.32. The molecule has 20 heavy (non-hydrogen) atoms. The van der Waals surface area contributed by atoms with Crippen molar-refractivity contribution in [1.82, 2.24) is 4.98 Å². The number of rotatable bonds is 3. The van der Waals surface area contributed by atoms with Crippen molar-refractivity contribution in [2.75, 3.05) is 0 Å². The average Bonchev–Trinajstić information content (AvgIpc) is 2.82. The minimum Gasteiger partial charge on any atom is -0.476 e. The maximum atomic E-state index is 11.4. The third-order valence-corrected chi connectivity index (χ3v) is 5.89. The summed E-state index contributed by atoms with van der Waals surface area (Å²) in [6.07, 6.45) is 5.43. The molecule has 0 aromatic carbocycles. The molecule has 112 valence electrons. The molecule has 2 rings (SSSR count). The zero-order chi connectivity index (χ0) is 14.9. The monoisotopic (exact) mass is 295 g/mol. The molecule has 1 aliphatic rings. The van der Waals surface area contributed by atoms with E-state index in [1.165, 1.54) is 12.8 Å². The summed E-state index contributed by atoms with van der Waals surface area (Å²) in [4.78, 5) is 16.7. The van der Waals surface area contributed by atoms with E-state index >= 15 is 0 Å². The Hall–Kier alpha value is -0.900. The van der Waals surface area contributed by atoms with Gasteiger partial charge in [0.15, 0.2) is 5.69 Å². The van der Waals surface area contributed by atoms with Crippen LogP contribution < -0.4 is 0 Å². The number of aromatic nitrogens is 1. The molecule has 3 nitrogen and oxygen atoms in total. The summed E-state index contributed by atoms with van der Waals surface area (Å²) >= 11 is 1.61. The van der Waals surface area contributed by atoms with Crippen molar-refractivity contribution in [3.8, 4) is 0 Å². The van der Waals surface area contributed by atoms with Crippen LogP contribution >= 0.6 is 11.3 Å². The Labute approximate surface area is 125 Å². The van der Waals surface area contributed by atoms with E-state index in [1.54, 1.807) is 11.3 Å². The molecule has 1 aromatic heterocycles. The van der Waals surface area contributed by atoms with Gasteiger partial charge in [-0.05, 0) is 49.4 Å². The number of nitrogens with zero attached hydrogens (tertiary/aromatic N) is 1. The van der Waals surface area contributed by atoms with Crippen molar-refractivity contribution in [3.05, 3.63) is 15.6 Å². The molecule has 1 fully saturated rings. The largest absolute Gasteiger partial charge is 0.476 e. The van der Waals surface area contributed by atoms with Gasteiger partial charge in [-0.1, -0.05) is 27.7 Å². The molecule has 0 atom stereocenters. The first-order valence-corrected chi connectivity index (χ1v) is 8.37. The SMILES string of the molecule is CCc1nc(C(=O)O)c(C2CCC(C(C)(C)C)CC2)s1.